The fourth-order valence-corrected chi connectivity index (χ4v) is 4.01. The highest BCUT2D eigenvalue weighted by molar-refractivity contribution is 5.50. The van der Waals surface area contributed by atoms with Gasteiger partial charge in [-0.15, -0.1) is 13.2 Å². The van der Waals surface area contributed by atoms with Crippen molar-refractivity contribution >= 4 is 0 Å². The molecule has 0 N–H and O–H groups in total. The van der Waals surface area contributed by atoms with Crippen LogP contribution in [0.15, 0.2) is 73.8 Å². The summed E-state index contributed by atoms with van der Waals surface area (Å²) in [6.45, 7) is 8.00. The summed E-state index contributed by atoms with van der Waals surface area (Å²) >= 11 is 0. The number of rotatable bonds is 5. The highest BCUT2D eigenvalue weighted by atomic mass is 14.4. The van der Waals surface area contributed by atoms with Crippen LogP contribution in [0, 0.1) is 0 Å². The lowest BCUT2D eigenvalue weighted by Gasteiger charge is -2.36. The van der Waals surface area contributed by atoms with Crippen LogP contribution >= 0.6 is 0 Å². The maximum Gasteiger partial charge on any atom is 0.0245 e. The van der Waals surface area contributed by atoms with Crippen molar-refractivity contribution in [3.63, 3.8) is 0 Å². The van der Waals surface area contributed by atoms with Gasteiger partial charge >= 0.3 is 0 Å². The first-order valence-corrected chi connectivity index (χ1v) is 8.20. The van der Waals surface area contributed by atoms with Gasteiger partial charge in [-0.05, 0) is 54.4 Å². The van der Waals surface area contributed by atoms with Crippen LogP contribution in [0.5, 0.6) is 0 Å². The van der Waals surface area contributed by atoms with Crippen LogP contribution in [0.3, 0.4) is 0 Å². The molecule has 0 bridgehead atoms. The topological polar surface area (TPSA) is 0 Å². The molecule has 22 heavy (non-hydrogen) atoms. The number of hydrogen-bond acceptors (Lipinski definition) is 0. The lowest BCUT2D eigenvalue weighted by Crippen LogP contribution is -2.28. The molecule has 2 aromatic carbocycles. The van der Waals surface area contributed by atoms with Crippen LogP contribution in [0.25, 0.3) is 0 Å². The molecule has 0 fully saturated rings. The zero-order chi connectivity index (χ0) is 15.4. The van der Waals surface area contributed by atoms with Crippen molar-refractivity contribution in [2.24, 2.45) is 0 Å². The first kappa shape index (κ1) is 14.8. The van der Waals surface area contributed by atoms with Crippen molar-refractivity contribution in [2.45, 2.75) is 37.5 Å². The molecule has 0 heteroatoms. The Labute approximate surface area is 134 Å². The monoisotopic (exact) mass is 288 g/mol. The van der Waals surface area contributed by atoms with E-state index in [2.05, 4.69) is 67.8 Å². The fourth-order valence-electron chi connectivity index (χ4n) is 4.01. The third-order valence-electron chi connectivity index (χ3n) is 5.00. The molecular formula is C22H24. The average molecular weight is 288 g/mol. The predicted octanol–water partition coefficient (Wildman–Crippen LogP) is 5.61. The molecule has 1 aliphatic carbocycles. The molecule has 0 saturated heterocycles. The van der Waals surface area contributed by atoms with E-state index < -0.39 is 0 Å². The standard InChI is InChI=1S/C22H24/c1-3-5-17-22(16-4-2)20-12-8-6-10-18(20)14-15-19-11-7-9-13-21(19)22/h3-4,6-13H,1-2,5,14-17H2. The number of allylic oxidation sites excluding steroid dienone is 2. The van der Waals surface area contributed by atoms with Gasteiger partial charge < -0.3 is 0 Å². The highest BCUT2D eigenvalue weighted by Crippen LogP contribution is 2.45. The van der Waals surface area contributed by atoms with Crippen LogP contribution in [0.4, 0.5) is 0 Å². The van der Waals surface area contributed by atoms with Gasteiger partial charge in [-0.2, -0.15) is 0 Å². The number of fused-ring (bicyclic) bond motifs is 2. The second-order valence-electron chi connectivity index (χ2n) is 6.22. The van der Waals surface area contributed by atoms with Gasteiger partial charge in [0.05, 0.1) is 0 Å². The van der Waals surface area contributed by atoms with Gasteiger partial charge in [0.2, 0.25) is 0 Å². The average Bonchev–Trinajstić information content (AvgIpc) is 2.70. The Morgan fingerprint density at radius 3 is 1.86 bits per heavy atom. The van der Waals surface area contributed by atoms with E-state index >= 15 is 0 Å². The van der Waals surface area contributed by atoms with Crippen molar-refractivity contribution in [2.75, 3.05) is 0 Å². The van der Waals surface area contributed by atoms with E-state index in [1.54, 1.807) is 0 Å². The highest BCUT2D eigenvalue weighted by Gasteiger charge is 2.37. The summed E-state index contributed by atoms with van der Waals surface area (Å²) in [6.07, 6.45) is 9.48. The molecule has 1 aliphatic rings. The summed E-state index contributed by atoms with van der Waals surface area (Å²) in [7, 11) is 0. The van der Waals surface area contributed by atoms with Gasteiger partial charge in [0.1, 0.15) is 0 Å². The summed E-state index contributed by atoms with van der Waals surface area (Å²) in [5.74, 6) is 0. The van der Waals surface area contributed by atoms with Crippen molar-refractivity contribution in [1.82, 2.24) is 0 Å². The quantitative estimate of drug-likeness (QED) is 0.627. The molecule has 2 aromatic rings. The van der Waals surface area contributed by atoms with Gasteiger partial charge in [0, 0.05) is 5.41 Å². The van der Waals surface area contributed by atoms with Crippen LogP contribution in [-0.4, -0.2) is 0 Å². The minimum absolute atomic E-state index is 0.0413. The minimum Gasteiger partial charge on any atom is -0.103 e. The summed E-state index contributed by atoms with van der Waals surface area (Å²) in [5.41, 5.74) is 6.00. The van der Waals surface area contributed by atoms with Gasteiger partial charge in [-0.3, -0.25) is 0 Å². The van der Waals surface area contributed by atoms with Gasteiger partial charge in [0.25, 0.3) is 0 Å². The Morgan fingerprint density at radius 2 is 1.36 bits per heavy atom. The molecular weight excluding hydrogens is 264 g/mol. The molecule has 0 unspecified atom stereocenters. The van der Waals surface area contributed by atoms with E-state index in [1.807, 2.05) is 6.08 Å². The van der Waals surface area contributed by atoms with Crippen molar-refractivity contribution < 1.29 is 0 Å². The molecule has 3 rings (SSSR count). The summed E-state index contributed by atoms with van der Waals surface area (Å²) in [5, 5.41) is 0. The van der Waals surface area contributed by atoms with Gasteiger partial charge in [-0.1, -0.05) is 60.7 Å². The van der Waals surface area contributed by atoms with E-state index in [1.165, 1.54) is 22.3 Å². The van der Waals surface area contributed by atoms with Crippen LogP contribution in [0.1, 0.15) is 41.5 Å². The molecule has 0 heterocycles. The largest absolute Gasteiger partial charge is 0.103 e. The number of hydrogen-bond donors (Lipinski definition) is 0. The number of benzene rings is 2. The molecule has 0 nitrogen and oxygen atoms in total. The molecule has 0 aliphatic heterocycles. The lowest BCUT2D eigenvalue weighted by molar-refractivity contribution is 0.480. The smallest absolute Gasteiger partial charge is 0.0245 e. The zero-order valence-corrected chi connectivity index (χ0v) is 13.2. The Balaban J connectivity index is 2.27. The minimum atomic E-state index is 0.0413. The Kier molecular flexibility index (Phi) is 4.29. The Bertz CT molecular complexity index is 630. The Hall–Kier alpha value is -2.08. The predicted molar refractivity (Wildman–Crippen MR) is 95.3 cm³/mol. The zero-order valence-electron chi connectivity index (χ0n) is 13.2. The summed E-state index contributed by atoms with van der Waals surface area (Å²) in [6, 6.07) is 17.9. The maximum atomic E-state index is 4.06. The lowest BCUT2D eigenvalue weighted by atomic mass is 9.67. The molecule has 112 valence electrons. The fraction of sp³-hybridized carbons (Fsp3) is 0.273. The molecule has 0 aromatic heterocycles. The third kappa shape index (κ3) is 2.43. The van der Waals surface area contributed by atoms with Crippen LogP contribution in [0.2, 0.25) is 0 Å². The Morgan fingerprint density at radius 1 is 0.818 bits per heavy atom. The molecule has 0 atom stereocenters. The van der Waals surface area contributed by atoms with Gasteiger partial charge in [-0.25, -0.2) is 0 Å². The normalized spacial score (nSPS) is 15.3. The SMILES string of the molecule is C=CCCC1(CC=C)c2ccccc2CCc2ccccc21. The maximum absolute atomic E-state index is 4.06. The number of aryl methyl sites for hydroxylation is 2. The van der Waals surface area contributed by atoms with Crippen molar-refractivity contribution in [1.29, 1.82) is 0 Å². The first-order valence-electron chi connectivity index (χ1n) is 8.20. The second-order valence-corrected chi connectivity index (χ2v) is 6.22. The van der Waals surface area contributed by atoms with Crippen LogP contribution < -0.4 is 0 Å². The van der Waals surface area contributed by atoms with E-state index in [9.17, 15) is 0 Å². The first-order chi connectivity index (χ1) is 10.8. The van der Waals surface area contributed by atoms with E-state index in [0.717, 1.165) is 32.1 Å². The molecule has 0 amide bonds. The summed E-state index contributed by atoms with van der Waals surface area (Å²) in [4.78, 5) is 0. The molecule has 0 radical (unpaired) electrons. The molecule has 0 spiro atoms. The third-order valence-corrected chi connectivity index (χ3v) is 5.00. The van der Waals surface area contributed by atoms with Crippen molar-refractivity contribution in [3.8, 4) is 0 Å². The van der Waals surface area contributed by atoms with Gasteiger partial charge in [0.15, 0.2) is 0 Å². The van der Waals surface area contributed by atoms with Crippen molar-refractivity contribution in [3.05, 3.63) is 96.1 Å². The van der Waals surface area contributed by atoms with E-state index in [4.69, 9.17) is 0 Å². The van der Waals surface area contributed by atoms with Crippen LogP contribution in [-0.2, 0) is 18.3 Å². The second kappa shape index (κ2) is 6.36. The summed E-state index contributed by atoms with van der Waals surface area (Å²) < 4.78 is 0. The van der Waals surface area contributed by atoms with E-state index in [0.29, 0.717) is 0 Å². The van der Waals surface area contributed by atoms with E-state index in [-0.39, 0.29) is 5.41 Å². The molecule has 0 saturated carbocycles.